The van der Waals surface area contributed by atoms with E-state index in [0.29, 0.717) is 18.0 Å². The number of piperidine rings is 1. The first-order valence-electron chi connectivity index (χ1n) is 7.04. The van der Waals surface area contributed by atoms with E-state index >= 15 is 0 Å². The Morgan fingerprint density at radius 3 is 2.86 bits per heavy atom. The summed E-state index contributed by atoms with van der Waals surface area (Å²) in [5.41, 5.74) is 6.46. The standard InChI is InChI=1S/C15H22FN3O.ClH/c1-11-9-19(7-6-14(11)17)10-15(20)18-8-12-4-2-3-5-13(12)16;/h2-5,11,14H,6-10,17H2,1H3,(H,18,20);1H. The zero-order valence-electron chi connectivity index (χ0n) is 12.2. The normalized spacial score (nSPS) is 22.4. The van der Waals surface area contributed by atoms with Crippen LogP contribution in [0.2, 0.25) is 0 Å². The molecule has 1 saturated heterocycles. The van der Waals surface area contributed by atoms with Gasteiger partial charge in [-0.25, -0.2) is 4.39 Å². The molecule has 21 heavy (non-hydrogen) atoms. The smallest absolute Gasteiger partial charge is 0.234 e. The minimum atomic E-state index is -0.287. The molecule has 1 amide bonds. The Bertz CT molecular complexity index is 472. The maximum Gasteiger partial charge on any atom is 0.234 e. The molecule has 0 aliphatic carbocycles. The van der Waals surface area contributed by atoms with Gasteiger partial charge in [-0.1, -0.05) is 25.1 Å². The van der Waals surface area contributed by atoms with E-state index in [1.807, 2.05) is 0 Å². The molecule has 1 heterocycles. The van der Waals surface area contributed by atoms with Gasteiger partial charge in [0.15, 0.2) is 0 Å². The van der Waals surface area contributed by atoms with Crippen LogP contribution in [0, 0.1) is 11.7 Å². The molecule has 0 spiro atoms. The van der Waals surface area contributed by atoms with Crippen LogP contribution in [0.4, 0.5) is 4.39 Å². The van der Waals surface area contributed by atoms with Gasteiger partial charge in [-0.05, 0) is 18.4 Å². The number of carbonyl (C=O) groups is 1. The lowest BCUT2D eigenvalue weighted by molar-refractivity contribution is -0.122. The summed E-state index contributed by atoms with van der Waals surface area (Å²) in [4.78, 5) is 14.0. The summed E-state index contributed by atoms with van der Waals surface area (Å²) in [6.07, 6.45) is 0.918. The maximum atomic E-state index is 13.4. The van der Waals surface area contributed by atoms with Crippen molar-refractivity contribution in [3.8, 4) is 0 Å². The third-order valence-corrected chi connectivity index (χ3v) is 3.86. The van der Waals surface area contributed by atoms with Gasteiger partial charge in [0, 0.05) is 31.2 Å². The minimum absolute atomic E-state index is 0. The molecule has 2 rings (SSSR count). The number of rotatable bonds is 4. The molecule has 0 aromatic heterocycles. The van der Waals surface area contributed by atoms with Crippen LogP contribution >= 0.6 is 12.4 Å². The summed E-state index contributed by atoms with van der Waals surface area (Å²) in [7, 11) is 0. The van der Waals surface area contributed by atoms with Gasteiger partial charge in [0.2, 0.25) is 5.91 Å². The Morgan fingerprint density at radius 2 is 2.19 bits per heavy atom. The van der Waals surface area contributed by atoms with Gasteiger partial charge in [-0.2, -0.15) is 0 Å². The Balaban J connectivity index is 0.00000220. The highest BCUT2D eigenvalue weighted by Gasteiger charge is 2.24. The largest absolute Gasteiger partial charge is 0.351 e. The zero-order chi connectivity index (χ0) is 14.5. The third kappa shape index (κ3) is 5.26. The zero-order valence-corrected chi connectivity index (χ0v) is 13.0. The molecule has 4 nitrogen and oxygen atoms in total. The van der Waals surface area contributed by atoms with Gasteiger partial charge in [0.05, 0.1) is 6.54 Å². The van der Waals surface area contributed by atoms with Gasteiger partial charge in [-0.15, -0.1) is 12.4 Å². The lowest BCUT2D eigenvalue weighted by atomic mass is 9.95. The quantitative estimate of drug-likeness (QED) is 0.886. The molecule has 1 aromatic carbocycles. The van der Waals surface area contributed by atoms with Gasteiger partial charge in [0.25, 0.3) is 0 Å². The number of amides is 1. The van der Waals surface area contributed by atoms with Crippen LogP contribution in [0.5, 0.6) is 0 Å². The van der Waals surface area contributed by atoms with Crippen molar-refractivity contribution in [2.24, 2.45) is 11.7 Å². The number of nitrogens with zero attached hydrogens (tertiary/aromatic N) is 1. The number of halogens is 2. The summed E-state index contributed by atoms with van der Waals surface area (Å²) in [5.74, 6) is 0.0458. The molecule has 1 fully saturated rings. The van der Waals surface area contributed by atoms with E-state index in [-0.39, 0.29) is 36.7 Å². The molecule has 118 valence electrons. The molecule has 0 bridgehead atoms. The highest BCUT2D eigenvalue weighted by Crippen LogP contribution is 2.14. The minimum Gasteiger partial charge on any atom is -0.351 e. The Kier molecular flexibility index (Phi) is 7.08. The van der Waals surface area contributed by atoms with Crippen LogP contribution in [-0.4, -0.2) is 36.5 Å². The maximum absolute atomic E-state index is 13.4. The van der Waals surface area contributed by atoms with E-state index in [1.165, 1.54) is 6.07 Å². The molecule has 0 saturated carbocycles. The predicted molar refractivity (Wildman–Crippen MR) is 83.7 cm³/mol. The van der Waals surface area contributed by atoms with Crippen molar-refractivity contribution in [2.45, 2.75) is 25.9 Å². The molecule has 0 radical (unpaired) electrons. The van der Waals surface area contributed by atoms with Crippen molar-refractivity contribution in [2.75, 3.05) is 19.6 Å². The van der Waals surface area contributed by atoms with Gasteiger partial charge in [-0.3, -0.25) is 9.69 Å². The Hall–Kier alpha value is -1.17. The topological polar surface area (TPSA) is 58.4 Å². The van der Waals surface area contributed by atoms with Crippen LogP contribution < -0.4 is 11.1 Å². The number of carbonyl (C=O) groups excluding carboxylic acids is 1. The first-order chi connectivity index (χ1) is 9.56. The van der Waals surface area contributed by atoms with E-state index in [2.05, 4.69) is 17.1 Å². The first kappa shape index (κ1) is 17.9. The lowest BCUT2D eigenvalue weighted by Crippen LogP contribution is -2.48. The monoisotopic (exact) mass is 315 g/mol. The number of hydrogen-bond acceptors (Lipinski definition) is 3. The highest BCUT2D eigenvalue weighted by molar-refractivity contribution is 5.85. The molecular weight excluding hydrogens is 293 g/mol. The van der Waals surface area contributed by atoms with E-state index in [9.17, 15) is 9.18 Å². The lowest BCUT2D eigenvalue weighted by Gasteiger charge is -2.34. The van der Waals surface area contributed by atoms with Gasteiger partial charge >= 0.3 is 0 Å². The molecule has 2 unspecified atom stereocenters. The molecule has 6 heteroatoms. The van der Waals surface area contributed by atoms with Crippen LogP contribution in [0.3, 0.4) is 0 Å². The number of hydrogen-bond donors (Lipinski definition) is 2. The van der Waals surface area contributed by atoms with E-state index in [4.69, 9.17) is 5.73 Å². The van der Waals surface area contributed by atoms with Crippen molar-refractivity contribution in [1.82, 2.24) is 10.2 Å². The number of nitrogens with two attached hydrogens (primary N) is 1. The molecule has 1 aromatic rings. The SMILES string of the molecule is CC1CN(CC(=O)NCc2ccccc2F)CCC1N.Cl. The summed E-state index contributed by atoms with van der Waals surface area (Å²) >= 11 is 0. The third-order valence-electron chi connectivity index (χ3n) is 3.86. The number of nitrogens with one attached hydrogen (secondary N) is 1. The van der Waals surface area contributed by atoms with E-state index in [1.54, 1.807) is 18.2 Å². The summed E-state index contributed by atoms with van der Waals surface area (Å²) in [6.45, 7) is 4.38. The highest BCUT2D eigenvalue weighted by atomic mass is 35.5. The fraction of sp³-hybridized carbons (Fsp3) is 0.533. The molecular formula is C15H23ClFN3O. The fourth-order valence-electron chi connectivity index (χ4n) is 2.49. The average molecular weight is 316 g/mol. The predicted octanol–water partition coefficient (Wildman–Crippen LogP) is 1.53. The van der Waals surface area contributed by atoms with Crippen molar-refractivity contribution in [3.63, 3.8) is 0 Å². The van der Waals surface area contributed by atoms with E-state index < -0.39 is 0 Å². The second-order valence-corrected chi connectivity index (χ2v) is 5.53. The Labute approximate surface area is 131 Å². The fourth-order valence-corrected chi connectivity index (χ4v) is 2.49. The molecule has 1 aliphatic heterocycles. The van der Waals surface area contributed by atoms with E-state index in [0.717, 1.165) is 19.5 Å². The van der Waals surface area contributed by atoms with Gasteiger partial charge in [0.1, 0.15) is 5.82 Å². The summed E-state index contributed by atoms with van der Waals surface area (Å²) in [6, 6.07) is 6.71. The van der Waals surface area contributed by atoms with Crippen LogP contribution in [0.25, 0.3) is 0 Å². The van der Waals surface area contributed by atoms with Crippen molar-refractivity contribution in [3.05, 3.63) is 35.6 Å². The van der Waals surface area contributed by atoms with Crippen LogP contribution in [0.15, 0.2) is 24.3 Å². The van der Waals surface area contributed by atoms with Crippen LogP contribution in [-0.2, 0) is 11.3 Å². The number of likely N-dealkylation sites (tertiary alicyclic amines) is 1. The van der Waals surface area contributed by atoms with Gasteiger partial charge < -0.3 is 11.1 Å². The molecule has 1 aliphatic rings. The molecule has 3 N–H and O–H groups in total. The average Bonchev–Trinajstić information content (AvgIpc) is 2.42. The van der Waals surface area contributed by atoms with Crippen molar-refractivity contribution >= 4 is 18.3 Å². The Morgan fingerprint density at radius 1 is 1.48 bits per heavy atom. The number of benzene rings is 1. The summed E-state index contributed by atoms with van der Waals surface area (Å²) < 4.78 is 13.4. The van der Waals surface area contributed by atoms with Crippen molar-refractivity contribution in [1.29, 1.82) is 0 Å². The second kappa shape index (κ2) is 8.32. The summed E-state index contributed by atoms with van der Waals surface area (Å²) in [5, 5.41) is 2.76. The first-order valence-corrected chi connectivity index (χ1v) is 7.04. The van der Waals surface area contributed by atoms with Crippen LogP contribution in [0.1, 0.15) is 18.9 Å². The van der Waals surface area contributed by atoms with Crippen molar-refractivity contribution < 1.29 is 9.18 Å². The molecule has 2 atom stereocenters. The second-order valence-electron chi connectivity index (χ2n) is 5.53.